The first-order valence-electron chi connectivity index (χ1n) is 6.52. The van der Waals surface area contributed by atoms with Crippen molar-refractivity contribution in [2.45, 2.75) is 57.4 Å². The summed E-state index contributed by atoms with van der Waals surface area (Å²) in [6.45, 7) is 1.26. The van der Waals surface area contributed by atoms with Gasteiger partial charge in [-0.3, -0.25) is 4.90 Å². The average molecular weight is 289 g/mol. The maximum atomic E-state index is 13.0. The zero-order valence-electron chi connectivity index (χ0n) is 10.8. The average Bonchev–Trinajstić information content (AvgIpc) is 2.26. The summed E-state index contributed by atoms with van der Waals surface area (Å²) in [4.78, 5) is 1.19. The minimum absolute atomic E-state index is 0.0787. The summed E-state index contributed by atoms with van der Waals surface area (Å²) in [5.41, 5.74) is 0. The van der Waals surface area contributed by atoms with Crippen molar-refractivity contribution < 1.29 is 27.1 Å². The van der Waals surface area contributed by atoms with Crippen LogP contribution in [-0.4, -0.2) is 47.8 Å². The molecule has 0 aromatic rings. The van der Waals surface area contributed by atoms with E-state index in [2.05, 4.69) is 0 Å². The summed E-state index contributed by atoms with van der Waals surface area (Å²) in [6.07, 6.45) is -7.60. The van der Waals surface area contributed by atoms with E-state index in [-0.39, 0.29) is 25.8 Å². The van der Waals surface area contributed by atoms with Gasteiger partial charge in [-0.25, -0.2) is 8.78 Å². The van der Waals surface area contributed by atoms with E-state index in [0.717, 1.165) is 0 Å². The van der Waals surface area contributed by atoms with Crippen LogP contribution in [0.3, 0.4) is 0 Å². The van der Waals surface area contributed by atoms with Gasteiger partial charge in [0.2, 0.25) is 0 Å². The van der Waals surface area contributed by atoms with Gasteiger partial charge in [0.25, 0.3) is 6.43 Å². The van der Waals surface area contributed by atoms with Gasteiger partial charge < -0.3 is 5.11 Å². The van der Waals surface area contributed by atoms with Gasteiger partial charge in [-0.05, 0) is 32.2 Å². The molecule has 1 N–H and O–H groups in total. The van der Waals surface area contributed by atoms with Gasteiger partial charge in [-0.15, -0.1) is 0 Å². The van der Waals surface area contributed by atoms with Gasteiger partial charge in [0.15, 0.2) is 0 Å². The van der Waals surface area contributed by atoms with E-state index in [1.165, 1.54) is 4.90 Å². The lowest BCUT2D eigenvalue weighted by Gasteiger charge is -2.42. The van der Waals surface area contributed by atoms with Gasteiger partial charge >= 0.3 is 6.18 Å². The fraction of sp³-hybridized carbons (Fsp3) is 1.00. The van der Waals surface area contributed by atoms with Crippen LogP contribution in [0.2, 0.25) is 0 Å². The lowest BCUT2D eigenvalue weighted by atomic mass is 9.81. The molecule has 1 saturated carbocycles. The third-order valence-corrected chi connectivity index (χ3v) is 3.56. The molecule has 2 nitrogen and oxygen atoms in total. The maximum absolute atomic E-state index is 13.0. The first-order chi connectivity index (χ1) is 8.75. The van der Waals surface area contributed by atoms with Crippen LogP contribution in [0.4, 0.5) is 22.0 Å². The summed E-state index contributed by atoms with van der Waals surface area (Å²) in [6, 6.07) is -1.04. The van der Waals surface area contributed by atoms with Crippen LogP contribution in [-0.2, 0) is 0 Å². The quantitative estimate of drug-likeness (QED) is 0.786. The van der Waals surface area contributed by atoms with Crippen molar-refractivity contribution in [1.82, 2.24) is 4.90 Å². The van der Waals surface area contributed by atoms with Gasteiger partial charge in [0.1, 0.15) is 0 Å². The van der Waals surface area contributed by atoms with Gasteiger partial charge in [0, 0.05) is 6.04 Å². The van der Waals surface area contributed by atoms with E-state index in [1.54, 1.807) is 6.92 Å². The van der Waals surface area contributed by atoms with Crippen molar-refractivity contribution in [3.8, 4) is 0 Å². The predicted octanol–water partition coefficient (Wildman–Crippen LogP) is 3.06. The molecule has 0 bridgehead atoms. The molecule has 1 rings (SSSR count). The summed E-state index contributed by atoms with van der Waals surface area (Å²) in [5, 5.41) is 9.53. The van der Waals surface area contributed by atoms with Crippen molar-refractivity contribution in [3.05, 3.63) is 0 Å². The highest BCUT2D eigenvalue weighted by molar-refractivity contribution is 4.90. The van der Waals surface area contributed by atoms with Crippen molar-refractivity contribution in [3.63, 3.8) is 0 Å². The van der Waals surface area contributed by atoms with Gasteiger partial charge in [-0.1, -0.05) is 6.92 Å². The van der Waals surface area contributed by atoms with E-state index in [4.69, 9.17) is 0 Å². The number of nitrogens with zero attached hydrogens (tertiary/aromatic N) is 1. The normalized spacial score (nSPS) is 29.2. The molecule has 0 saturated heterocycles. The highest BCUT2D eigenvalue weighted by atomic mass is 19.4. The largest absolute Gasteiger partial charge is 0.393 e. The first kappa shape index (κ1) is 16.6. The molecular formula is C12H20F5NO. The minimum Gasteiger partial charge on any atom is -0.393 e. The molecule has 19 heavy (non-hydrogen) atoms. The molecule has 114 valence electrons. The second-order valence-corrected chi connectivity index (χ2v) is 5.07. The van der Waals surface area contributed by atoms with Crippen LogP contribution in [0.15, 0.2) is 0 Å². The number of rotatable bonds is 5. The Kier molecular flexibility index (Phi) is 5.98. The molecule has 0 aromatic carbocycles. The van der Waals surface area contributed by atoms with E-state index >= 15 is 0 Å². The van der Waals surface area contributed by atoms with Crippen LogP contribution < -0.4 is 0 Å². The molecule has 0 spiro atoms. The topological polar surface area (TPSA) is 23.5 Å². The van der Waals surface area contributed by atoms with Crippen molar-refractivity contribution >= 4 is 0 Å². The van der Waals surface area contributed by atoms with Crippen molar-refractivity contribution in [2.24, 2.45) is 5.92 Å². The van der Waals surface area contributed by atoms with Crippen LogP contribution >= 0.6 is 0 Å². The highest BCUT2D eigenvalue weighted by Crippen LogP contribution is 2.40. The van der Waals surface area contributed by atoms with Crippen LogP contribution in [0.1, 0.15) is 32.6 Å². The number of hydrogen-bond acceptors (Lipinski definition) is 2. The Morgan fingerprint density at radius 3 is 2.37 bits per heavy atom. The zero-order valence-corrected chi connectivity index (χ0v) is 10.8. The van der Waals surface area contributed by atoms with E-state index in [0.29, 0.717) is 6.42 Å². The minimum atomic E-state index is -4.40. The maximum Gasteiger partial charge on any atom is 0.393 e. The number of aliphatic hydroxyl groups excluding tert-OH is 1. The summed E-state index contributed by atoms with van der Waals surface area (Å²) in [5.74, 6) is -1.62. The third-order valence-electron chi connectivity index (χ3n) is 3.56. The monoisotopic (exact) mass is 289 g/mol. The Balaban J connectivity index is 2.86. The van der Waals surface area contributed by atoms with E-state index in [9.17, 15) is 27.1 Å². The van der Waals surface area contributed by atoms with Crippen LogP contribution in [0.25, 0.3) is 0 Å². The molecule has 0 aliphatic heterocycles. The van der Waals surface area contributed by atoms with Crippen LogP contribution in [0.5, 0.6) is 0 Å². The number of halogens is 5. The number of hydrogen-bond donors (Lipinski definition) is 1. The number of alkyl halides is 5. The Labute approximate surface area is 109 Å². The third kappa shape index (κ3) is 4.87. The molecule has 1 aliphatic rings. The standard InChI is InChI=1S/C12H20F5NO/c1-2-5-18(7-11(13)14)10-6-8(19)3-4-9(10)12(15,16)17/h8-11,19H,2-7H2,1H3. The molecule has 0 radical (unpaired) electrons. The molecule has 1 aliphatic carbocycles. The molecule has 0 heterocycles. The summed E-state index contributed by atoms with van der Waals surface area (Å²) >= 11 is 0. The Bertz CT molecular complexity index is 271. The Hall–Kier alpha value is -0.430. The van der Waals surface area contributed by atoms with Gasteiger partial charge in [0.05, 0.1) is 18.6 Å². The lowest BCUT2D eigenvalue weighted by Crippen LogP contribution is -2.52. The van der Waals surface area contributed by atoms with E-state index < -0.39 is 37.2 Å². The molecule has 0 amide bonds. The Morgan fingerprint density at radius 2 is 1.89 bits per heavy atom. The smallest absolute Gasteiger partial charge is 0.393 e. The van der Waals surface area contributed by atoms with Gasteiger partial charge in [-0.2, -0.15) is 13.2 Å². The molecule has 0 aromatic heterocycles. The van der Waals surface area contributed by atoms with Crippen LogP contribution in [0, 0.1) is 5.92 Å². The highest BCUT2D eigenvalue weighted by Gasteiger charge is 2.49. The Morgan fingerprint density at radius 1 is 1.26 bits per heavy atom. The predicted molar refractivity (Wildman–Crippen MR) is 61.1 cm³/mol. The second-order valence-electron chi connectivity index (χ2n) is 5.07. The molecule has 1 fully saturated rings. The summed E-state index contributed by atoms with van der Waals surface area (Å²) in [7, 11) is 0. The molecule has 3 atom stereocenters. The molecular weight excluding hydrogens is 269 g/mol. The van der Waals surface area contributed by atoms with Crippen molar-refractivity contribution in [1.29, 1.82) is 0 Å². The fourth-order valence-electron chi connectivity index (χ4n) is 2.77. The SMILES string of the molecule is CCCN(CC(F)F)C1CC(O)CCC1C(F)(F)F. The van der Waals surface area contributed by atoms with Crippen molar-refractivity contribution in [2.75, 3.05) is 13.1 Å². The van der Waals surface area contributed by atoms with E-state index in [1.807, 2.05) is 0 Å². The second kappa shape index (κ2) is 6.83. The molecule has 3 unspecified atom stereocenters. The number of aliphatic hydroxyl groups is 1. The lowest BCUT2D eigenvalue weighted by molar-refractivity contribution is -0.206. The fourth-order valence-corrected chi connectivity index (χ4v) is 2.77. The molecule has 7 heteroatoms. The summed E-state index contributed by atoms with van der Waals surface area (Å²) < 4.78 is 63.9. The first-order valence-corrected chi connectivity index (χ1v) is 6.52. The zero-order chi connectivity index (χ0) is 14.6.